The summed E-state index contributed by atoms with van der Waals surface area (Å²) in [6.07, 6.45) is 0.840. The first-order chi connectivity index (χ1) is 15.7. The van der Waals surface area contributed by atoms with Crippen molar-refractivity contribution in [3.8, 4) is 5.75 Å². The number of halogens is 4. The van der Waals surface area contributed by atoms with Crippen LogP contribution in [0.2, 0.25) is 0 Å². The molecule has 0 N–H and O–H groups in total. The molecule has 8 heteroatoms. The molecule has 33 heavy (non-hydrogen) atoms. The molecule has 0 bridgehead atoms. The fraction of sp³-hybridized carbons (Fsp3) is 0.480. The Bertz CT molecular complexity index is 971. The van der Waals surface area contributed by atoms with Gasteiger partial charge < -0.3 is 4.74 Å². The van der Waals surface area contributed by atoms with Gasteiger partial charge in [-0.3, -0.25) is 9.69 Å². The van der Waals surface area contributed by atoms with E-state index < -0.39 is 17.2 Å². The highest BCUT2D eigenvalue weighted by Crippen LogP contribution is 2.50. The maximum Gasteiger partial charge on any atom is 0.416 e. The fourth-order valence-corrected chi connectivity index (χ4v) is 5.99. The SMILES string of the molecule is CCCCC1(CCCC)CSc2cc(OC)c(Br)cc2N(c2ccc(C(F)(F)F)cc2)C1=O. The molecule has 0 fully saturated rings. The number of methoxy groups -OCH3 is 1. The molecule has 2 aromatic rings. The Kier molecular flexibility index (Phi) is 8.43. The maximum absolute atomic E-state index is 14.2. The molecular formula is C25H29BrF3NO2S. The van der Waals surface area contributed by atoms with Crippen LogP contribution in [-0.4, -0.2) is 18.8 Å². The molecule has 180 valence electrons. The average molecular weight is 544 g/mol. The average Bonchev–Trinajstić information content (AvgIpc) is 2.90. The summed E-state index contributed by atoms with van der Waals surface area (Å²) in [6.45, 7) is 4.21. The van der Waals surface area contributed by atoms with E-state index in [1.165, 1.54) is 12.1 Å². The van der Waals surface area contributed by atoms with E-state index in [0.717, 1.165) is 55.6 Å². The second kappa shape index (κ2) is 10.7. The molecule has 3 rings (SSSR count). The molecular weight excluding hydrogens is 515 g/mol. The molecule has 0 radical (unpaired) electrons. The predicted molar refractivity (Wildman–Crippen MR) is 131 cm³/mol. The Labute approximate surface area is 206 Å². The van der Waals surface area contributed by atoms with Crippen molar-refractivity contribution in [2.45, 2.75) is 63.4 Å². The number of amides is 1. The number of rotatable bonds is 8. The van der Waals surface area contributed by atoms with E-state index >= 15 is 0 Å². The summed E-state index contributed by atoms with van der Waals surface area (Å²) in [5.74, 6) is 1.23. The lowest BCUT2D eigenvalue weighted by Gasteiger charge is -2.35. The number of thioether (sulfide) groups is 1. The minimum atomic E-state index is -4.43. The number of hydrogen-bond donors (Lipinski definition) is 0. The van der Waals surface area contributed by atoms with Gasteiger partial charge >= 0.3 is 6.18 Å². The molecule has 0 unspecified atom stereocenters. The van der Waals surface area contributed by atoms with Crippen molar-refractivity contribution >= 4 is 45.0 Å². The summed E-state index contributed by atoms with van der Waals surface area (Å²) in [5.41, 5.74) is -0.223. The number of ether oxygens (including phenoxy) is 1. The number of carbonyl (C=O) groups excluding carboxylic acids is 1. The van der Waals surface area contributed by atoms with Gasteiger partial charge in [0.2, 0.25) is 5.91 Å². The number of carbonyl (C=O) groups is 1. The third kappa shape index (κ3) is 5.53. The first-order valence-corrected chi connectivity index (χ1v) is 13.0. The number of benzene rings is 2. The molecule has 1 amide bonds. The van der Waals surface area contributed by atoms with E-state index in [1.54, 1.807) is 23.8 Å². The van der Waals surface area contributed by atoms with E-state index in [9.17, 15) is 18.0 Å². The number of alkyl halides is 3. The Morgan fingerprint density at radius 2 is 1.70 bits per heavy atom. The second-order valence-electron chi connectivity index (χ2n) is 8.42. The van der Waals surface area contributed by atoms with Gasteiger partial charge in [0.15, 0.2) is 0 Å². The smallest absolute Gasteiger partial charge is 0.416 e. The fourth-order valence-electron chi connectivity index (χ4n) is 4.16. The molecule has 0 atom stereocenters. The van der Waals surface area contributed by atoms with Crippen LogP contribution in [0.3, 0.4) is 0 Å². The third-order valence-corrected chi connectivity index (χ3v) is 8.06. The third-order valence-electron chi connectivity index (χ3n) is 6.11. The Morgan fingerprint density at radius 1 is 1.09 bits per heavy atom. The quantitative estimate of drug-likeness (QED) is 0.333. The molecule has 1 heterocycles. The van der Waals surface area contributed by atoms with E-state index in [2.05, 4.69) is 29.8 Å². The standard InChI is InChI=1S/C25H29BrF3NO2S/c1-4-6-12-24(13-7-5-2)16-33-22-15-21(32-3)19(26)14-20(22)30(23(24)31)18-10-8-17(9-11-18)25(27,28)29/h8-11,14-15H,4-7,12-13,16H2,1-3H3. The summed E-state index contributed by atoms with van der Waals surface area (Å²) >= 11 is 5.13. The molecule has 1 aliphatic rings. The first-order valence-electron chi connectivity index (χ1n) is 11.2. The van der Waals surface area contributed by atoms with Crippen LogP contribution >= 0.6 is 27.7 Å². The van der Waals surface area contributed by atoms with Crippen LogP contribution < -0.4 is 9.64 Å². The molecule has 1 aliphatic heterocycles. The highest BCUT2D eigenvalue weighted by molar-refractivity contribution is 9.10. The van der Waals surface area contributed by atoms with Crippen LogP contribution in [0.1, 0.15) is 57.9 Å². The normalized spacial score (nSPS) is 15.8. The van der Waals surface area contributed by atoms with E-state index in [1.807, 2.05) is 12.1 Å². The molecule has 0 saturated carbocycles. The van der Waals surface area contributed by atoms with Gasteiger partial charge in [-0.25, -0.2) is 0 Å². The van der Waals surface area contributed by atoms with E-state index in [-0.39, 0.29) is 5.91 Å². The number of anilines is 2. The summed E-state index contributed by atoms with van der Waals surface area (Å²) in [7, 11) is 1.58. The first kappa shape index (κ1) is 25.9. The van der Waals surface area contributed by atoms with Crippen LogP contribution in [0.4, 0.5) is 24.5 Å². The van der Waals surface area contributed by atoms with Gasteiger partial charge in [-0.2, -0.15) is 13.2 Å². The lowest BCUT2D eigenvalue weighted by Crippen LogP contribution is -2.42. The molecule has 2 aromatic carbocycles. The van der Waals surface area contributed by atoms with Gasteiger partial charge in [0, 0.05) is 16.3 Å². The number of nitrogens with zero attached hydrogens (tertiary/aromatic N) is 1. The Hall–Kier alpha value is -1.67. The summed E-state index contributed by atoms with van der Waals surface area (Å²) in [6, 6.07) is 8.58. The highest BCUT2D eigenvalue weighted by atomic mass is 79.9. The number of fused-ring (bicyclic) bond motifs is 1. The molecule has 0 aromatic heterocycles. The van der Waals surface area contributed by atoms with Crippen LogP contribution in [-0.2, 0) is 11.0 Å². The van der Waals surface area contributed by atoms with Crippen molar-refractivity contribution in [2.75, 3.05) is 17.8 Å². The van der Waals surface area contributed by atoms with Crippen molar-refractivity contribution in [1.29, 1.82) is 0 Å². The summed E-state index contributed by atoms with van der Waals surface area (Å²) < 4.78 is 45.7. The van der Waals surface area contributed by atoms with Crippen molar-refractivity contribution in [3.63, 3.8) is 0 Å². The number of hydrogen-bond acceptors (Lipinski definition) is 3. The van der Waals surface area contributed by atoms with Gasteiger partial charge in [-0.1, -0.05) is 39.5 Å². The molecule has 0 spiro atoms. The van der Waals surface area contributed by atoms with Crippen LogP contribution in [0.5, 0.6) is 5.75 Å². The van der Waals surface area contributed by atoms with Crippen LogP contribution in [0.15, 0.2) is 45.8 Å². The van der Waals surface area contributed by atoms with Gasteiger partial charge in [0.05, 0.1) is 28.2 Å². The van der Waals surface area contributed by atoms with Gasteiger partial charge in [-0.05, 0) is 65.2 Å². The zero-order chi connectivity index (χ0) is 24.2. The van der Waals surface area contributed by atoms with E-state index in [4.69, 9.17) is 4.74 Å². The second-order valence-corrected chi connectivity index (χ2v) is 10.3. The zero-order valence-corrected chi connectivity index (χ0v) is 21.5. The molecule has 0 aliphatic carbocycles. The Morgan fingerprint density at radius 3 is 2.21 bits per heavy atom. The minimum Gasteiger partial charge on any atom is -0.496 e. The predicted octanol–water partition coefficient (Wildman–Crippen LogP) is 8.61. The van der Waals surface area contributed by atoms with Gasteiger partial charge in [0.1, 0.15) is 5.75 Å². The minimum absolute atomic E-state index is 0.0486. The molecule has 3 nitrogen and oxygen atoms in total. The highest BCUT2D eigenvalue weighted by Gasteiger charge is 2.44. The van der Waals surface area contributed by atoms with Crippen molar-refractivity contribution < 1.29 is 22.7 Å². The van der Waals surface area contributed by atoms with Gasteiger partial charge in [-0.15, -0.1) is 11.8 Å². The van der Waals surface area contributed by atoms with Crippen LogP contribution in [0, 0.1) is 5.41 Å². The largest absolute Gasteiger partial charge is 0.496 e. The van der Waals surface area contributed by atoms with Crippen LogP contribution in [0.25, 0.3) is 0 Å². The monoisotopic (exact) mass is 543 g/mol. The lowest BCUT2D eigenvalue weighted by atomic mass is 9.78. The summed E-state index contributed by atoms with van der Waals surface area (Å²) in [5, 5.41) is 0. The lowest BCUT2D eigenvalue weighted by molar-refractivity contribution is -0.137. The number of unbranched alkanes of at least 4 members (excludes halogenated alkanes) is 2. The zero-order valence-electron chi connectivity index (χ0n) is 19.1. The van der Waals surface area contributed by atoms with Crippen molar-refractivity contribution in [1.82, 2.24) is 0 Å². The van der Waals surface area contributed by atoms with Crippen molar-refractivity contribution in [2.24, 2.45) is 5.41 Å². The van der Waals surface area contributed by atoms with Gasteiger partial charge in [0.25, 0.3) is 0 Å². The van der Waals surface area contributed by atoms with Crippen molar-refractivity contribution in [3.05, 3.63) is 46.4 Å². The Balaban J connectivity index is 2.18. The topological polar surface area (TPSA) is 29.5 Å². The summed E-state index contributed by atoms with van der Waals surface area (Å²) in [4.78, 5) is 16.7. The van der Waals surface area contributed by atoms with E-state index in [0.29, 0.717) is 27.3 Å². The maximum atomic E-state index is 14.2. The molecule has 0 saturated heterocycles.